The maximum atomic E-state index is 12.9. The standard InChI is InChI=1S/C22H21N5O4/c1-3-30-17-12-10-16(11-13-17)27-22-24-18(23-15-8-6-5-7-9-15)14-19(28)26(22)20(25-27)21(29)31-4-2/h5-14,23H,3-4H2,1-2H3. The second-order valence-electron chi connectivity index (χ2n) is 6.49. The quantitative estimate of drug-likeness (QED) is 0.459. The van der Waals surface area contributed by atoms with Crippen LogP contribution < -0.4 is 15.6 Å². The number of nitrogens with zero attached hydrogens (tertiary/aromatic N) is 4. The maximum absolute atomic E-state index is 12.9. The first kappa shape index (κ1) is 20.1. The van der Waals surface area contributed by atoms with Gasteiger partial charge in [-0.15, -0.1) is 5.10 Å². The summed E-state index contributed by atoms with van der Waals surface area (Å²) in [6.07, 6.45) is 0. The Morgan fingerprint density at radius 3 is 2.45 bits per heavy atom. The van der Waals surface area contributed by atoms with E-state index in [1.54, 1.807) is 31.2 Å². The number of hydrogen-bond acceptors (Lipinski definition) is 7. The van der Waals surface area contributed by atoms with Gasteiger partial charge in [-0.05, 0) is 50.2 Å². The number of ether oxygens (including phenoxy) is 2. The van der Waals surface area contributed by atoms with E-state index in [4.69, 9.17) is 9.47 Å². The molecule has 0 aliphatic rings. The monoisotopic (exact) mass is 419 g/mol. The molecule has 0 saturated carbocycles. The normalized spacial score (nSPS) is 10.8. The van der Waals surface area contributed by atoms with Crippen LogP contribution in [0.15, 0.2) is 65.5 Å². The van der Waals surface area contributed by atoms with E-state index in [1.165, 1.54) is 10.7 Å². The van der Waals surface area contributed by atoms with Crippen molar-refractivity contribution in [2.75, 3.05) is 18.5 Å². The second-order valence-corrected chi connectivity index (χ2v) is 6.49. The number of carbonyl (C=O) groups is 1. The molecule has 2 heterocycles. The van der Waals surface area contributed by atoms with Crippen LogP contribution in [0.2, 0.25) is 0 Å². The number of nitrogens with one attached hydrogen (secondary N) is 1. The first-order chi connectivity index (χ1) is 15.1. The van der Waals surface area contributed by atoms with E-state index < -0.39 is 11.5 Å². The SMILES string of the molecule is CCOC(=O)c1nn(-c2ccc(OCC)cc2)c2nc(Nc3ccccc3)cc(=O)n12. The van der Waals surface area contributed by atoms with Gasteiger partial charge in [-0.2, -0.15) is 9.67 Å². The Labute approximate surface area is 177 Å². The minimum Gasteiger partial charge on any atom is -0.494 e. The van der Waals surface area contributed by atoms with Gasteiger partial charge in [-0.25, -0.2) is 9.20 Å². The minimum atomic E-state index is -0.704. The number of para-hydroxylation sites is 1. The van der Waals surface area contributed by atoms with Gasteiger partial charge in [0.25, 0.3) is 5.56 Å². The van der Waals surface area contributed by atoms with Crippen LogP contribution in [-0.4, -0.2) is 38.3 Å². The number of benzene rings is 2. The van der Waals surface area contributed by atoms with Gasteiger partial charge < -0.3 is 14.8 Å². The summed E-state index contributed by atoms with van der Waals surface area (Å²) < 4.78 is 13.1. The predicted molar refractivity (Wildman–Crippen MR) is 115 cm³/mol. The van der Waals surface area contributed by atoms with E-state index in [0.717, 1.165) is 10.1 Å². The molecule has 0 saturated heterocycles. The highest BCUT2D eigenvalue weighted by Gasteiger charge is 2.22. The first-order valence-corrected chi connectivity index (χ1v) is 9.86. The van der Waals surface area contributed by atoms with Crippen LogP contribution in [-0.2, 0) is 4.74 Å². The highest BCUT2D eigenvalue weighted by atomic mass is 16.5. The number of aromatic nitrogens is 4. The van der Waals surface area contributed by atoms with Crippen LogP contribution in [0.4, 0.5) is 11.5 Å². The zero-order valence-corrected chi connectivity index (χ0v) is 17.1. The Morgan fingerprint density at radius 2 is 1.77 bits per heavy atom. The maximum Gasteiger partial charge on any atom is 0.376 e. The summed E-state index contributed by atoms with van der Waals surface area (Å²) in [5.41, 5.74) is 0.931. The molecule has 4 aromatic rings. The summed E-state index contributed by atoms with van der Waals surface area (Å²) in [5.74, 6) is 0.362. The Kier molecular flexibility index (Phi) is 5.65. The summed E-state index contributed by atoms with van der Waals surface area (Å²) in [6, 6.07) is 17.8. The molecule has 9 nitrogen and oxygen atoms in total. The van der Waals surface area contributed by atoms with Crippen LogP contribution in [0.3, 0.4) is 0 Å². The largest absolute Gasteiger partial charge is 0.494 e. The number of esters is 1. The molecular weight excluding hydrogens is 398 g/mol. The van der Waals surface area contributed by atoms with Gasteiger partial charge in [0.15, 0.2) is 0 Å². The van der Waals surface area contributed by atoms with Crippen molar-refractivity contribution in [1.82, 2.24) is 19.2 Å². The molecule has 0 spiro atoms. The lowest BCUT2D eigenvalue weighted by molar-refractivity contribution is 0.0509. The molecular formula is C22H21N5O4. The van der Waals surface area contributed by atoms with Crippen molar-refractivity contribution in [2.24, 2.45) is 0 Å². The summed E-state index contributed by atoms with van der Waals surface area (Å²) in [4.78, 5) is 29.9. The van der Waals surface area contributed by atoms with E-state index in [1.807, 2.05) is 37.3 Å². The van der Waals surface area contributed by atoms with Gasteiger partial charge >= 0.3 is 5.97 Å². The van der Waals surface area contributed by atoms with Crippen molar-refractivity contribution in [3.63, 3.8) is 0 Å². The predicted octanol–water partition coefficient (Wildman–Crippen LogP) is 3.20. The Hall–Kier alpha value is -4.14. The molecule has 0 bridgehead atoms. The van der Waals surface area contributed by atoms with Crippen molar-refractivity contribution < 1.29 is 14.3 Å². The number of rotatable bonds is 7. The Balaban J connectivity index is 1.86. The summed E-state index contributed by atoms with van der Waals surface area (Å²) in [6.45, 7) is 4.29. The molecule has 0 aliphatic heterocycles. The molecule has 0 aliphatic carbocycles. The van der Waals surface area contributed by atoms with Crippen LogP contribution in [0, 0.1) is 0 Å². The third kappa shape index (κ3) is 4.11. The van der Waals surface area contributed by atoms with Gasteiger partial charge in [-0.3, -0.25) is 4.79 Å². The van der Waals surface area contributed by atoms with Crippen molar-refractivity contribution in [2.45, 2.75) is 13.8 Å². The van der Waals surface area contributed by atoms with E-state index in [0.29, 0.717) is 23.9 Å². The van der Waals surface area contributed by atoms with E-state index in [2.05, 4.69) is 15.4 Å². The van der Waals surface area contributed by atoms with Gasteiger partial charge in [0.05, 0.1) is 18.9 Å². The summed E-state index contributed by atoms with van der Waals surface area (Å²) in [5, 5.41) is 7.44. The van der Waals surface area contributed by atoms with Crippen LogP contribution in [0.25, 0.3) is 11.5 Å². The Bertz CT molecular complexity index is 1260. The van der Waals surface area contributed by atoms with Gasteiger partial charge in [0.1, 0.15) is 11.6 Å². The van der Waals surface area contributed by atoms with Crippen molar-refractivity contribution in [3.05, 3.63) is 76.8 Å². The number of anilines is 2. The average molecular weight is 419 g/mol. The minimum absolute atomic E-state index is 0.144. The molecule has 2 aromatic heterocycles. The highest BCUT2D eigenvalue weighted by Crippen LogP contribution is 2.19. The fourth-order valence-electron chi connectivity index (χ4n) is 3.08. The molecule has 1 N–H and O–H groups in total. The zero-order valence-electron chi connectivity index (χ0n) is 17.1. The first-order valence-electron chi connectivity index (χ1n) is 9.86. The van der Waals surface area contributed by atoms with Crippen LogP contribution in [0.1, 0.15) is 24.5 Å². The third-order valence-electron chi connectivity index (χ3n) is 4.39. The number of fused-ring (bicyclic) bond motifs is 1. The molecule has 31 heavy (non-hydrogen) atoms. The molecule has 0 amide bonds. The topological polar surface area (TPSA) is 99.8 Å². The third-order valence-corrected chi connectivity index (χ3v) is 4.39. The van der Waals surface area contributed by atoms with Crippen LogP contribution >= 0.6 is 0 Å². The molecule has 4 rings (SSSR count). The summed E-state index contributed by atoms with van der Waals surface area (Å²) in [7, 11) is 0. The second kappa shape index (κ2) is 8.70. The van der Waals surface area contributed by atoms with Crippen molar-refractivity contribution >= 4 is 23.3 Å². The van der Waals surface area contributed by atoms with Crippen molar-refractivity contribution in [3.8, 4) is 11.4 Å². The molecule has 158 valence electrons. The number of carbonyl (C=O) groups excluding carboxylic acids is 1. The average Bonchev–Trinajstić information content (AvgIpc) is 3.16. The van der Waals surface area contributed by atoms with Gasteiger partial charge in [-0.1, -0.05) is 18.2 Å². The smallest absolute Gasteiger partial charge is 0.376 e. The highest BCUT2D eigenvalue weighted by molar-refractivity contribution is 5.86. The zero-order chi connectivity index (χ0) is 21.8. The molecule has 2 aromatic carbocycles. The van der Waals surface area contributed by atoms with Crippen LogP contribution in [0.5, 0.6) is 5.75 Å². The molecule has 0 unspecified atom stereocenters. The molecule has 9 heteroatoms. The van der Waals surface area contributed by atoms with E-state index in [9.17, 15) is 9.59 Å². The fourth-order valence-corrected chi connectivity index (χ4v) is 3.08. The Morgan fingerprint density at radius 1 is 1.03 bits per heavy atom. The summed E-state index contributed by atoms with van der Waals surface area (Å²) >= 11 is 0. The van der Waals surface area contributed by atoms with E-state index in [-0.39, 0.29) is 18.2 Å². The molecule has 0 atom stereocenters. The number of hydrogen-bond donors (Lipinski definition) is 1. The fraction of sp³-hybridized carbons (Fsp3) is 0.182. The van der Waals surface area contributed by atoms with E-state index >= 15 is 0 Å². The van der Waals surface area contributed by atoms with Gasteiger partial charge in [0.2, 0.25) is 11.6 Å². The lowest BCUT2D eigenvalue weighted by atomic mass is 10.3. The molecule has 0 radical (unpaired) electrons. The lowest BCUT2D eigenvalue weighted by Gasteiger charge is -2.07. The lowest BCUT2D eigenvalue weighted by Crippen LogP contribution is -2.20. The molecule has 0 fully saturated rings. The van der Waals surface area contributed by atoms with Gasteiger partial charge in [0, 0.05) is 11.8 Å². The van der Waals surface area contributed by atoms with Crippen molar-refractivity contribution in [1.29, 1.82) is 0 Å².